The molecule has 4 aliphatic heterocycles. The number of nitrogens with one attached hydrogen (secondary N) is 1. The largest absolute Gasteiger partial charge is 0.456 e. The number of amides is 1. The monoisotopic (exact) mass is 469 g/mol. The van der Waals surface area contributed by atoms with E-state index >= 15 is 0 Å². The number of ether oxygens (including phenoxy) is 3. The van der Waals surface area contributed by atoms with E-state index in [1.54, 1.807) is 0 Å². The highest BCUT2D eigenvalue weighted by molar-refractivity contribution is 6.03. The molecule has 2 saturated heterocycles. The molecule has 35 heavy (non-hydrogen) atoms. The van der Waals surface area contributed by atoms with E-state index in [0.717, 1.165) is 65.7 Å². The van der Waals surface area contributed by atoms with Gasteiger partial charge in [-0.05, 0) is 29.8 Å². The van der Waals surface area contributed by atoms with Crippen LogP contribution in [0.3, 0.4) is 0 Å². The number of hydrogen-bond acceptors (Lipinski definition) is 6. The maximum atomic E-state index is 13.4. The number of fused-ring (bicyclic) bond motifs is 6. The summed E-state index contributed by atoms with van der Waals surface area (Å²) in [6, 6.07) is 20.2. The number of anilines is 2. The van der Waals surface area contributed by atoms with E-state index in [1.807, 2.05) is 36.4 Å². The molecule has 0 aromatic heterocycles. The summed E-state index contributed by atoms with van der Waals surface area (Å²) in [4.78, 5) is 18.2. The number of carbonyl (C=O) groups is 1. The second-order valence-electron chi connectivity index (χ2n) is 9.35. The molecule has 3 aromatic carbocycles. The van der Waals surface area contributed by atoms with Crippen LogP contribution >= 0.6 is 0 Å². The Morgan fingerprint density at radius 3 is 2.14 bits per heavy atom. The molecule has 4 heterocycles. The first kappa shape index (κ1) is 20.8. The molecule has 3 aromatic rings. The van der Waals surface area contributed by atoms with Crippen molar-refractivity contribution in [1.29, 1.82) is 0 Å². The van der Waals surface area contributed by atoms with Crippen LogP contribution in [0, 0.1) is 0 Å². The summed E-state index contributed by atoms with van der Waals surface area (Å²) < 4.78 is 17.9. The SMILES string of the molecule is O=C1NC2(c3ccccc3Oc3ccc(N4CCOCC4)c(N4CCOCC4)c32)c2ccccc21. The van der Waals surface area contributed by atoms with Gasteiger partial charge in [0.2, 0.25) is 0 Å². The fourth-order valence-corrected chi connectivity index (χ4v) is 6.02. The summed E-state index contributed by atoms with van der Waals surface area (Å²) in [5.74, 6) is 1.48. The minimum atomic E-state index is -0.839. The van der Waals surface area contributed by atoms with Gasteiger partial charge in [0.15, 0.2) is 0 Å². The van der Waals surface area contributed by atoms with Crippen LogP contribution in [0.15, 0.2) is 60.7 Å². The van der Waals surface area contributed by atoms with Crippen LogP contribution in [0.2, 0.25) is 0 Å². The molecule has 0 bridgehead atoms. The molecule has 1 atom stereocenters. The lowest BCUT2D eigenvalue weighted by Crippen LogP contribution is -2.47. The van der Waals surface area contributed by atoms with Gasteiger partial charge in [-0.3, -0.25) is 4.79 Å². The van der Waals surface area contributed by atoms with Gasteiger partial charge >= 0.3 is 0 Å². The summed E-state index contributed by atoms with van der Waals surface area (Å²) >= 11 is 0. The molecule has 7 rings (SSSR count). The molecule has 1 spiro atoms. The smallest absolute Gasteiger partial charge is 0.252 e. The van der Waals surface area contributed by atoms with Crippen LogP contribution in [0.4, 0.5) is 11.4 Å². The number of rotatable bonds is 2. The number of para-hydroxylation sites is 1. The van der Waals surface area contributed by atoms with E-state index in [2.05, 4.69) is 39.4 Å². The van der Waals surface area contributed by atoms with Crippen LogP contribution < -0.4 is 19.9 Å². The fraction of sp³-hybridized carbons (Fsp3) is 0.321. The Kier molecular flexibility index (Phi) is 4.75. The van der Waals surface area contributed by atoms with Crippen molar-refractivity contribution in [2.45, 2.75) is 5.54 Å². The van der Waals surface area contributed by atoms with Gasteiger partial charge in [0, 0.05) is 37.3 Å². The van der Waals surface area contributed by atoms with E-state index in [0.29, 0.717) is 32.0 Å². The van der Waals surface area contributed by atoms with E-state index in [1.165, 1.54) is 0 Å². The second kappa shape index (κ2) is 8.00. The molecular formula is C28H27N3O4. The lowest BCUT2D eigenvalue weighted by molar-refractivity contribution is 0.0946. The third-order valence-corrected chi connectivity index (χ3v) is 7.56. The molecule has 0 saturated carbocycles. The van der Waals surface area contributed by atoms with Crippen molar-refractivity contribution in [3.63, 3.8) is 0 Å². The van der Waals surface area contributed by atoms with Gasteiger partial charge in [0.25, 0.3) is 5.91 Å². The Morgan fingerprint density at radius 1 is 0.714 bits per heavy atom. The van der Waals surface area contributed by atoms with Gasteiger partial charge < -0.3 is 29.3 Å². The van der Waals surface area contributed by atoms with Crippen LogP contribution in [0.5, 0.6) is 11.5 Å². The molecule has 7 nitrogen and oxygen atoms in total. The Hall–Kier alpha value is -3.55. The Labute approximate surface area is 204 Å². The van der Waals surface area contributed by atoms with Gasteiger partial charge in [-0.2, -0.15) is 0 Å². The minimum absolute atomic E-state index is 0.0621. The van der Waals surface area contributed by atoms with Crippen molar-refractivity contribution in [3.05, 3.63) is 82.9 Å². The van der Waals surface area contributed by atoms with E-state index in [4.69, 9.17) is 14.2 Å². The maximum absolute atomic E-state index is 13.4. The van der Waals surface area contributed by atoms with Crippen LogP contribution in [0.25, 0.3) is 0 Å². The average molecular weight is 470 g/mol. The van der Waals surface area contributed by atoms with Crippen LogP contribution in [0.1, 0.15) is 27.0 Å². The third kappa shape index (κ3) is 3.01. The number of hydrogen-bond donors (Lipinski definition) is 1. The summed E-state index contributed by atoms with van der Waals surface area (Å²) in [5, 5.41) is 3.44. The zero-order valence-electron chi connectivity index (χ0n) is 19.5. The first-order chi connectivity index (χ1) is 17.3. The van der Waals surface area contributed by atoms with Gasteiger partial charge in [-0.15, -0.1) is 0 Å². The molecule has 178 valence electrons. The molecule has 4 aliphatic rings. The number of carbonyl (C=O) groups excluding carboxylic acids is 1. The van der Waals surface area contributed by atoms with E-state index in [-0.39, 0.29) is 5.91 Å². The quantitative estimate of drug-likeness (QED) is 0.620. The topological polar surface area (TPSA) is 63.3 Å². The summed E-state index contributed by atoms with van der Waals surface area (Å²) in [7, 11) is 0. The van der Waals surface area contributed by atoms with Crippen LogP contribution in [-0.4, -0.2) is 58.5 Å². The number of benzene rings is 3. The van der Waals surface area contributed by atoms with Crippen molar-refractivity contribution in [2.75, 3.05) is 62.4 Å². The summed E-state index contributed by atoms with van der Waals surface area (Å²) in [5.41, 5.74) is 5.05. The van der Waals surface area contributed by atoms with Crippen LogP contribution in [-0.2, 0) is 15.0 Å². The average Bonchev–Trinajstić information content (AvgIpc) is 3.22. The molecule has 0 radical (unpaired) electrons. The molecular weight excluding hydrogens is 442 g/mol. The first-order valence-corrected chi connectivity index (χ1v) is 12.3. The van der Waals surface area contributed by atoms with Crippen molar-refractivity contribution >= 4 is 17.3 Å². The molecule has 1 N–H and O–H groups in total. The lowest BCUT2D eigenvalue weighted by atomic mass is 9.74. The third-order valence-electron chi connectivity index (χ3n) is 7.56. The molecule has 0 aliphatic carbocycles. The van der Waals surface area contributed by atoms with Crippen molar-refractivity contribution in [2.24, 2.45) is 0 Å². The Morgan fingerprint density at radius 2 is 1.37 bits per heavy atom. The first-order valence-electron chi connectivity index (χ1n) is 12.3. The molecule has 2 fully saturated rings. The standard InChI is InChI=1S/C28H27N3O4/c32-27-19-5-1-2-6-20(19)28(29-27)21-7-3-4-8-23(21)35-24-10-9-22(30-11-15-33-16-12-30)26(25(24)28)31-13-17-34-18-14-31/h1-10H,11-18H2,(H,29,32). The summed E-state index contributed by atoms with van der Waals surface area (Å²) in [6.45, 7) is 5.93. The van der Waals surface area contributed by atoms with Gasteiger partial charge in [0.05, 0.1) is 43.4 Å². The number of morpholine rings is 2. The highest BCUT2D eigenvalue weighted by Gasteiger charge is 2.53. The Balaban J connectivity index is 1.55. The molecule has 1 unspecified atom stereocenters. The predicted octanol–water partition coefficient (Wildman–Crippen LogP) is 3.50. The highest BCUT2D eigenvalue weighted by Crippen LogP contribution is 2.57. The van der Waals surface area contributed by atoms with Gasteiger partial charge in [-0.25, -0.2) is 0 Å². The van der Waals surface area contributed by atoms with Gasteiger partial charge in [0.1, 0.15) is 17.0 Å². The zero-order chi connectivity index (χ0) is 23.4. The maximum Gasteiger partial charge on any atom is 0.252 e. The van der Waals surface area contributed by atoms with Gasteiger partial charge in [-0.1, -0.05) is 36.4 Å². The van der Waals surface area contributed by atoms with Crippen molar-refractivity contribution < 1.29 is 19.0 Å². The van der Waals surface area contributed by atoms with Crippen molar-refractivity contribution in [1.82, 2.24) is 5.32 Å². The highest BCUT2D eigenvalue weighted by atomic mass is 16.5. The lowest BCUT2D eigenvalue weighted by Gasteiger charge is -2.44. The molecule has 1 amide bonds. The van der Waals surface area contributed by atoms with Crippen molar-refractivity contribution in [3.8, 4) is 11.5 Å². The zero-order valence-corrected chi connectivity index (χ0v) is 19.5. The predicted molar refractivity (Wildman–Crippen MR) is 133 cm³/mol. The molecule has 7 heteroatoms. The normalized spacial score (nSPS) is 22.8. The van der Waals surface area contributed by atoms with E-state index in [9.17, 15) is 4.79 Å². The fourth-order valence-electron chi connectivity index (χ4n) is 6.02. The van der Waals surface area contributed by atoms with E-state index < -0.39 is 5.54 Å². The Bertz CT molecular complexity index is 1310. The summed E-state index contributed by atoms with van der Waals surface area (Å²) in [6.07, 6.45) is 0. The minimum Gasteiger partial charge on any atom is -0.456 e. The second-order valence-corrected chi connectivity index (χ2v) is 9.35. The number of nitrogens with zero attached hydrogens (tertiary/aromatic N) is 2.